The molecule has 0 aliphatic carbocycles. The first-order valence-corrected chi connectivity index (χ1v) is 19.3. The average Bonchev–Trinajstić information content (AvgIpc) is 3.23. The first-order chi connectivity index (χ1) is 29.5. The van der Waals surface area contributed by atoms with Crippen LogP contribution in [0, 0.1) is 0 Å². The zero-order valence-corrected chi connectivity index (χ0v) is 34.6. The summed E-state index contributed by atoms with van der Waals surface area (Å²) in [5.74, 6) is -0.112. The van der Waals surface area contributed by atoms with Crippen LogP contribution in [-0.2, 0) is 52.0 Å². The third-order valence-corrected chi connectivity index (χ3v) is 9.65. The second-order valence-electron chi connectivity index (χ2n) is 12.6. The van der Waals surface area contributed by atoms with Gasteiger partial charge in [-0.05, 0) is 61.4 Å². The standard InChI is InChI=1S/C25H25F3N2O6.C13H12F3N5O5S/c1-5-16-6-7-17(20(12-16)36-15(2)23(32)34-4)14-35-19-10-8-18(9-11-19)30-22(31)13-21(25(26,27)28)29(3)24(30)33;1-25-8-6-9(26-2)19-11(18-8)20-12(22)21-27(23,24)10-7(13(14,15)16)4-3-5-17-10/h6-13,15H,5,14H2,1-4H3;3-6H,1-2H3,(H2,18,19,20,21,22). The number of methoxy groups -OCH3 is 3. The molecule has 338 valence electrons. The van der Waals surface area contributed by atoms with Gasteiger partial charge in [0.15, 0.2) is 11.1 Å². The zero-order valence-electron chi connectivity index (χ0n) is 33.8. The van der Waals surface area contributed by atoms with Gasteiger partial charge >= 0.3 is 30.0 Å². The highest BCUT2D eigenvalue weighted by Gasteiger charge is 2.39. The number of ether oxygens (including phenoxy) is 5. The molecule has 0 spiro atoms. The van der Waals surface area contributed by atoms with Crippen LogP contribution in [0.25, 0.3) is 5.69 Å². The molecule has 3 aromatic heterocycles. The third-order valence-electron chi connectivity index (χ3n) is 8.36. The second kappa shape index (κ2) is 20.1. The summed E-state index contributed by atoms with van der Waals surface area (Å²) in [6, 6.07) is 13.0. The predicted octanol–water partition coefficient (Wildman–Crippen LogP) is 5.05. The molecule has 0 saturated heterocycles. The Morgan fingerprint density at radius 2 is 1.51 bits per heavy atom. The number of urea groups is 1. The van der Waals surface area contributed by atoms with Gasteiger partial charge in [0.2, 0.25) is 17.7 Å². The maximum atomic E-state index is 13.1. The molecule has 0 aliphatic rings. The highest BCUT2D eigenvalue weighted by atomic mass is 32.2. The Labute approximate surface area is 353 Å². The van der Waals surface area contributed by atoms with E-state index in [4.69, 9.17) is 23.7 Å². The minimum Gasteiger partial charge on any atom is -0.489 e. The predicted molar refractivity (Wildman–Crippen MR) is 208 cm³/mol. The smallest absolute Gasteiger partial charge is 0.431 e. The summed E-state index contributed by atoms with van der Waals surface area (Å²) in [7, 11) is -0.170. The molecule has 0 radical (unpaired) electrons. The lowest BCUT2D eigenvalue weighted by Gasteiger charge is -2.17. The molecule has 2 amide bonds. The summed E-state index contributed by atoms with van der Waals surface area (Å²) in [6.07, 6.45) is -9.05. The Hall–Kier alpha value is -7.18. The van der Waals surface area contributed by atoms with Crippen molar-refractivity contribution in [3.8, 4) is 28.9 Å². The van der Waals surface area contributed by atoms with Crippen molar-refractivity contribution in [2.45, 2.75) is 50.4 Å². The zero-order chi connectivity index (χ0) is 46.9. The summed E-state index contributed by atoms with van der Waals surface area (Å²) in [5.41, 5.74) is -3.33. The molecule has 0 fully saturated rings. The minimum absolute atomic E-state index is 0.0101. The third kappa shape index (κ3) is 12.5. The second-order valence-corrected chi connectivity index (χ2v) is 14.2. The Kier molecular flexibility index (Phi) is 15.5. The Bertz CT molecular complexity index is 2650. The van der Waals surface area contributed by atoms with Gasteiger partial charge in [-0.2, -0.15) is 44.7 Å². The number of rotatable bonds is 13. The lowest BCUT2D eigenvalue weighted by Crippen LogP contribution is -2.40. The van der Waals surface area contributed by atoms with Crippen molar-refractivity contribution in [2.24, 2.45) is 7.05 Å². The van der Waals surface area contributed by atoms with Gasteiger partial charge < -0.3 is 23.7 Å². The van der Waals surface area contributed by atoms with Gasteiger partial charge in [0.05, 0.1) is 38.6 Å². The van der Waals surface area contributed by atoms with Gasteiger partial charge in [-0.15, -0.1) is 0 Å². The van der Waals surface area contributed by atoms with Crippen molar-refractivity contribution in [3.05, 3.63) is 116 Å². The van der Waals surface area contributed by atoms with E-state index in [-0.39, 0.29) is 24.1 Å². The van der Waals surface area contributed by atoms with Crippen LogP contribution in [0.1, 0.15) is 36.2 Å². The van der Waals surface area contributed by atoms with Crippen LogP contribution >= 0.6 is 0 Å². The van der Waals surface area contributed by atoms with Gasteiger partial charge in [-0.3, -0.25) is 14.7 Å². The fourth-order valence-electron chi connectivity index (χ4n) is 5.23. The van der Waals surface area contributed by atoms with Crippen molar-refractivity contribution >= 4 is 28.0 Å². The summed E-state index contributed by atoms with van der Waals surface area (Å²) < 4.78 is 131. The van der Waals surface area contributed by atoms with Crippen molar-refractivity contribution in [1.82, 2.24) is 28.8 Å². The normalized spacial score (nSPS) is 11.9. The fourth-order valence-corrected chi connectivity index (χ4v) is 6.29. The number of esters is 1. The lowest BCUT2D eigenvalue weighted by molar-refractivity contribution is -0.148. The molecule has 0 bridgehead atoms. The number of amides is 2. The van der Waals surface area contributed by atoms with E-state index in [1.165, 1.54) is 56.4 Å². The number of alkyl halides is 6. The number of hydrogen-bond acceptors (Lipinski definition) is 14. The summed E-state index contributed by atoms with van der Waals surface area (Å²) in [4.78, 5) is 59.0. The number of hydrogen-bond donors (Lipinski definition) is 2. The number of nitrogens with one attached hydrogen (secondary N) is 2. The largest absolute Gasteiger partial charge is 0.489 e. The molecule has 18 nitrogen and oxygen atoms in total. The van der Waals surface area contributed by atoms with Crippen LogP contribution in [0.15, 0.2) is 87.5 Å². The fraction of sp³-hybridized carbons (Fsp3) is 0.289. The SMILES string of the molecule is CCc1ccc(COc2ccc(-n3c(=O)cc(C(F)(F)F)n(C)c3=O)cc2)c(OC(C)C(=O)OC)c1.COc1cc(OC)nc(NC(=O)NS(=O)(=O)c2ncccc2C(F)(F)F)n1. The van der Waals surface area contributed by atoms with Gasteiger partial charge in [-0.1, -0.05) is 19.1 Å². The topological polar surface area (TPSA) is 221 Å². The summed E-state index contributed by atoms with van der Waals surface area (Å²) >= 11 is 0. The summed E-state index contributed by atoms with van der Waals surface area (Å²) in [5, 5.41) is 0.605. The summed E-state index contributed by atoms with van der Waals surface area (Å²) in [6.45, 7) is 3.63. The van der Waals surface area contributed by atoms with E-state index in [0.29, 0.717) is 38.3 Å². The van der Waals surface area contributed by atoms with Crippen LogP contribution in [0.5, 0.6) is 23.3 Å². The van der Waals surface area contributed by atoms with Gasteiger partial charge in [-0.25, -0.2) is 28.7 Å². The molecule has 2 N–H and O–H groups in total. The molecule has 2 aromatic carbocycles. The van der Waals surface area contributed by atoms with E-state index < -0.39 is 74.0 Å². The molecule has 3 heterocycles. The van der Waals surface area contributed by atoms with Crippen LogP contribution in [0.3, 0.4) is 0 Å². The average molecular weight is 914 g/mol. The van der Waals surface area contributed by atoms with Crippen molar-refractivity contribution < 1.29 is 68.0 Å². The molecule has 25 heteroatoms. The first kappa shape index (κ1) is 48.5. The van der Waals surface area contributed by atoms with Crippen molar-refractivity contribution in [1.29, 1.82) is 0 Å². The van der Waals surface area contributed by atoms with Crippen LogP contribution in [0.2, 0.25) is 0 Å². The lowest BCUT2D eigenvalue weighted by atomic mass is 10.1. The molecule has 0 aliphatic heterocycles. The number of benzene rings is 2. The number of aromatic nitrogens is 5. The van der Waals surface area contributed by atoms with Gasteiger partial charge in [0.1, 0.15) is 23.8 Å². The van der Waals surface area contributed by atoms with Crippen LogP contribution in [-0.4, -0.2) is 71.9 Å². The van der Waals surface area contributed by atoms with E-state index in [9.17, 15) is 53.9 Å². The number of carbonyl (C=O) groups excluding carboxylic acids is 2. The van der Waals surface area contributed by atoms with E-state index in [1.54, 1.807) is 6.92 Å². The minimum atomic E-state index is -4.99. The highest BCUT2D eigenvalue weighted by Crippen LogP contribution is 2.33. The Morgan fingerprint density at radius 3 is 2.06 bits per heavy atom. The van der Waals surface area contributed by atoms with E-state index in [0.717, 1.165) is 31.3 Å². The van der Waals surface area contributed by atoms with Gasteiger partial charge in [0.25, 0.3) is 15.6 Å². The van der Waals surface area contributed by atoms with E-state index in [1.807, 2.05) is 30.4 Å². The van der Waals surface area contributed by atoms with Crippen molar-refractivity contribution in [3.63, 3.8) is 0 Å². The highest BCUT2D eigenvalue weighted by molar-refractivity contribution is 7.90. The van der Waals surface area contributed by atoms with Crippen LogP contribution < -0.4 is 40.2 Å². The molecular formula is C38H37F6N7O11S. The number of halogens is 6. The molecule has 1 unspecified atom stereocenters. The van der Waals surface area contributed by atoms with Crippen molar-refractivity contribution in [2.75, 3.05) is 26.6 Å². The molecule has 63 heavy (non-hydrogen) atoms. The molecule has 5 aromatic rings. The molecule has 5 rings (SSSR count). The molecule has 1 atom stereocenters. The van der Waals surface area contributed by atoms with E-state index in [2.05, 4.69) is 15.0 Å². The van der Waals surface area contributed by atoms with Gasteiger partial charge in [0, 0.05) is 24.9 Å². The number of sulfonamides is 1. The first-order valence-electron chi connectivity index (χ1n) is 17.9. The number of nitrogens with zero attached hydrogens (tertiary/aromatic N) is 5. The number of carbonyl (C=O) groups is 2. The number of aryl methyl sites for hydroxylation is 1. The Morgan fingerprint density at radius 1 is 0.873 bits per heavy atom. The van der Waals surface area contributed by atoms with Crippen LogP contribution in [0.4, 0.5) is 37.1 Å². The van der Waals surface area contributed by atoms with E-state index >= 15 is 0 Å². The monoisotopic (exact) mass is 913 g/mol. The quantitative estimate of drug-likeness (QED) is 0.117. The molecule has 0 saturated carbocycles. The number of pyridine rings is 1. The number of anilines is 1. The molecular weight excluding hydrogens is 877 g/mol. The maximum absolute atomic E-state index is 13.1. The maximum Gasteiger partial charge on any atom is 0.431 e. The Balaban J connectivity index is 0.000000288.